The molecular formula is C78H86N8O24. The van der Waals surface area contributed by atoms with Gasteiger partial charge in [-0.05, 0) is 121 Å². The number of aryl methyl sites for hydroxylation is 1. The number of hydrogen-bond donors (Lipinski definition) is 5. The zero-order chi connectivity index (χ0) is 78.1. The van der Waals surface area contributed by atoms with Crippen molar-refractivity contribution in [2.24, 2.45) is 7.05 Å². The lowest BCUT2D eigenvalue weighted by molar-refractivity contribution is -0.282. The van der Waals surface area contributed by atoms with E-state index in [9.17, 15) is 52.7 Å². The standard InChI is InChI=1S/C78H86N8O24/c1-8-34-102-78(97)86-59-40-63(62(98-6)39-55(59)72(93)85-33-15-13-22-58(85)73(86)109-66-24-14-16-35-101-66)100-36-17-23-64(90)80-50-38-60(84(5)41-50)71(92)81-48-26-28-49(29-27-48)82-77(96)103-42-47-25-30-61(108-75-70(107-46(4)89)68(106-45(3)88)67(105-44(2)87)69(110-75)74(94)99-7)57(37-47)83-65(91)31-32-79-76(95)104-43-56-53-20-11-9-18-51(53)52-19-10-12-21-54(52)56/h8-12,18-21,25-30,37-41,56,58,66-70,73,75H,1,13-17,22-24,31-36,42-43H2,2-7H3,(H,79,95)(H,80,90)(H,81,92)(H,82,96)(H,83,91)/t58-,66?,67-,68-,69-,70+,73?,75+/m0/s1. The van der Waals surface area contributed by atoms with E-state index in [-0.39, 0.29) is 114 Å². The van der Waals surface area contributed by atoms with Gasteiger partial charge in [-0.1, -0.05) is 67.3 Å². The zero-order valence-corrected chi connectivity index (χ0v) is 61.4. The van der Waals surface area contributed by atoms with Gasteiger partial charge in [0, 0.05) is 89.9 Å². The molecule has 32 nitrogen and oxygen atoms in total. The molecule has 0 spiro atoms. The van der Waals surface area contributed by atoms with Crippen LogP contribution in [0.25, 0.3) is 11.1 Å². The number of hydrogen-bond acceptors (Lipinski definition) is 24. The summed E-state index contributed by atoms with van der Waals surface area (Å²) in [7, 11) is 4.08. The lowest BCUT2D eigenvalue weighted by atomic mass is 9.97. The van der Waals surface area contributed by atoms with Gasteiger partial charge in [0.1, 0.15) is 31.3 Å². The summed E-state index contributed by atoms with van der Waals surface area (Å²) in [6.45, 7) is 7.05. The maximum Gasteiger partial charge on any atom is 0.416 e. The summed E-state index contributed by atoms with van der Waals surface area (Å²) < 4.78 is 76.4. The normalized spacial score (nSPS) is 19.7. The third-order valence-corrected chi connectivity index (χ3v) is 18.6. The van der Waals surface area contributed by atoms with Crippen molar-refractivity contribution < 1.29 is 114 Å². The van der Waals surface area contributed by atoms with Crippen molar-refractivity contribution >= 4 is 94.2 Å². The smallest absolute Gasteiger partial charge is 0.416 e. The van der Waals surface area contributed by atoms with E-state index in [0.717, 1.165) is 75.8 Å². The van der Waals surface area contributed by atoms with E-state index in [1.165, 1.54) is 77.3 Å². The highest BCUT2D eigenvalue weighted by atomic mass is 16.7. The predicted octanol–water partition coefficient (Wildman–Crippen LogP) is 9.78. The lowest BCUT2D eigenvalue weighted by Crippen LogP contribution is -2.64. The second kappa shape index (κ2) is 36.7. The van der Waals surface area contributed by atoms with Crippen LogP contribution >= 0.6 is 0 Å². The number of carbonyl (C=O) groups excluding carboxylic acids is 11. The Kier molecular flexibility index (Phi) is 26.4. The third-order valence-electron chi connectivity index (χ3n) is 18.6. The molecule has 0 radical (unpaired) electrons. The van der Waals surface area contributed by atoms with Gasteiger partial charge in [-0.25, -0.2) is 24.1 Å². The van der Waals surface area contributed by atoms with Gasteiger partial charge in [-0.2, -0.15) is 0 Å². The minimum atomic E-state index is -1.84. The fourth-order valence-electron chi connectivity index (χ4n) is 13.6. The number of aromatic nitrogens is 1. The number of fused-ring (bicyclic) bond motifs is 5. The number of benzene rings is 5. The highest BCUT2D eigenvalue weighted by Gasteiger charge is 2.56. The molecule has 6 aromatic rings. The summed E-state index contributed by atoms with van der Waals surface area (Å²) in [5, 5.41) is 13.5. The van der Waals surface area contributed by atoms with Gasteiger partial charge >= 0.3 is 42.2 Å². The molecule has 32 heteroatoms. The predicted molar refractivity (Wildman–Crippen MR) is 392 cm³/mol. The first-order valence-electron chi connectivity index (χ1n) is 35.8. The van der Waals surface area contributed by atoms with Gasteiger partial charge in [0.15, 0.2) is 42.3 Å². The SMILES string of the molecule is C=CCOC(=O)N1c2cc(OCCCC(=O)Nc3cc(C(=O)Nc4ccc(NC(=O)OCc5ccc(O[C@@H]6O[C@H](C(=O)OC)[C@@H](OC(C)=O)[C@H](OC(C)=O)[C@H]6OC(C)=O)c(NC(=O)CCNC(=O)OCC6c7ccccc7-c7ccccc76)c5)cc4)n(C)c3)c(OC)cc2C(=O)N2CCCC[C@H]2C1OC1CCCCO1. The van der Waals surface area contributed by atoms with Crippen molar-refractivity contribution in [3.8, 4) is 28.4 Å². The molecule has 0 saturated carbocycles. The van der Waals surface area contributed by atoms with Crippen LogP contribution in [0.3, 0.4) is 0 Å². The van der Waals surface area contributed by atoms with E-state index < -0.39 is 110 Å². The summed E-state index contributed by atoms with van der Waals surface area (Å²) in [6.07, 6.45) is -5.41. The highest BCUT2D eigenvalue weighted by molar-refractivity contribution is 6.07. The number of amides is 7. The molecule has 3 saturated heterocycles. The van der Waals surface area contributed by atoms with E-state index in [0.29, 0.717) is 37.4 Å². The number of carbonyl (C=O) groups is 11. The molecule has 1 aromatic heterocycles. The maximum absolute atomic E-state index is 14.4. The molecule has 2 unspecified atom stereocenters. The van der Waals surface area contributed by atoms with Crippen LogP contribution in [0.2, 0.25) is 0 Å². The van der Waals surface area contributed by atoms with Crippen molar-refractivity contribution in [2.45, 2.75) is 140 Å². The Hall–Kier alpha value is -12.0. The number of nitrogens with one attached hydrogen (secondary N) is 5. The molecule has 0 bridgehead atoms. The van der Waals surface area contributed by atoms with Crippen LogP contribution in [0.4, 0.5) is 42.8 Å². The van der Waals surface area contributed by atoms with Gasteiger partial charge in [-0.15, -0.1) is 0 Å². The number of rotatable bonds is 28. The Labute approximate surface area is 632 Å². The van der Waals surface area contributed by atoms with Gasteiger partial charge in [-0.3, -0.25) is 38.9 Å². The second-order valence-corrected chi connectivity index (χ2v) is 26.3. The first-order valence-corrected chi connectivity index (χ1v) is 35.8. The molecular weight excluding hydrogens is 1430 g/mol. The van der Waals surface area contributed by atoms with Crippen molar-refractivity contribution in [1.82, 2.24) is 14.8 Å². The average Bonchev–Trinajstić information content (AvgIpc) is 1.40. The van der Waals surface area contributed by atoms with Gasteiger partial charge in [0.25, 0.3) is 11.8 Å². The maximum atomic E-state index is 14.4. The fraction of sp³-hybridized carbons (Fsp3) is 0.397. The molecule has 3 fully saturated rings. The van der Waals surface area contributed by atoms with E-state index in [1.807, 2.05) is 48.5 Å². The summed E-state index contributed by atoms with van der Waals surface area (Å²) in [5.74, 6) is -5.75. The Balaban J connectivity index is 0.697. The largest absolute Gasteiger partial charge is 0.493 e. The second-order valence-electron chi connectivity index (χ2n) is 26.3. The topological polar surface area (TPSA) is 379 Å². The van der Waals surface area contributed by atoms with Gasteiger partial charge in [0.2, 0.25) is 24.2 Å². The minimum absolute atomic E-state index is 0.00464. The molecule has 5 heterocycles. The molecule has 110 heavy (non-hydrogen) atoms. The molecule has 5 aromatic carbocycles. The van der Waals surface area contributed by atoms with Crippen molar-refractivity contribution in [2.75, 3.05) is 79.9 Å². The molecule has 1 aliphatic carbocycles. The monoisotopic (exact) mass is 1520 g/mol. The van der Waals surface area contributed by atoms with Crippen LogP contribution in [0, 0.1) is 0 Å². The number of alkyl carbamates (subject to hydrolysis) is 1. The van der Waals surface area contributed by atoms with E-state index in [2.05, 4.69) is 33.2 Å². The summed E-state index contributed by atoms with van der Waals surface area (Å²) >= 11 is 0. The molecule has 5 aliphatic rings. The van der Waals surface area contributed by atoms with Crippen molar-refractivity contribution in [3.63, 3.8) is 0 Å². The Morgan fingerprint density at radius 2 is 1.34 bits per heavy atom. The van der Waals surface area contributed by atoms with Gasteiger partial charge in [0.05, 0.1) is 49.5 Å². The van der Waals surface area contributed by atoms with E-state index >= 15 is 0 Å². The molecule has 11 rings (SSSR count). The number of piperidine rings is 1. The lowest BCUT2D eigenvalue weighted by Gasteiger charge is -2.43. The van der Waals surface area contributed by atoms with Crippen molar-refractivity contribution in [1.29, 1.82) is 0 Å². The summed E-state index contributed by atoms with van der Waals surface area (Å²) in [4.78, 5) is 150. The van der Waals surface area contributed by atoms with E-state index in [4.69, 9.17) is 61.6 Å². The number of methoxy groups -OCH3 is 2. The molecule has 8 atom stereocenters. The van der Waals surface area contributed by atoms with Crippen molar-refractivity contribution in [3.05, 3.63) is 156 Å². The quantitative estimate of drug-likeness (QED) is 0.0132. The number of anilines is 5. The van der Waals surface area contributed by atoms with Crippen LogP contribution in [0.15, 0.2) is 128 Å². The van der Waals surface area contributed by atoms with Crippen LogP contribution in [-0.2, 0) is 89.8 Å². The summed E-state index contributed by atoms with van der Waals surface area (Å²) in [5.41, 5.74) is 5.78. The van der Waals surface area contributed by atoms with Crippen LogP contribution < -0.4 is 45.7 Å². The first-order chi connectivity index (χ1) is 53.1. The van der Waals surface area contributed by atoms with E-state index in [1.54, 1.807) is 24.2 Å². The highest BCUT2D eigenvalue weighted by Crippen LogP contribution is 2.46. The first kappa shape index (κ1) is 79.0. The van der Waals surface area contributed by atoms with Crippen LogP contribution in [-0.4, -0.2) is 178 Å². The summed E-state index contributed by atoms with van der Waals surface area (Å²) in [6, 6.07) is 30.0. The zero-order valence-electron chi connectivity index (χ0n) is 61.4. The fourth-order valence-corrected chi connectivity index (χ4v) is 13.6. The van der Waals surface area contributed by atoms with Crippen LogP contribution in [0.1, 0.15) is 122 Å². The average molecular weight is 1520 g/mol. The van der Waals surface area contributed by atoms with Crippen LogP contribution in [0.5, 0.6) is 17.2 Å². The molecule has 582 valence electrons. The number of nitrogens with zero attached hydrogens (tertiary/aromatic N) is 3. The number of esters is 4. The minimum Gasteiger partial charge on any atom is -0.493 e. The van der Waals surface area contributed by atoms with Gasteiger partial charge < -0.3 is 92.3 Å². The Morgan fingerprint density at radius 3 is 2.02 bits per heavy atom. The molecule has 7 amide bonds. The molecule has 4 aliphatic heterocycles. The number of ether oxygens (including phenoxy) is 13. The Morgan fingerprint density at radius 1 is 0.655 bits per heavy atom. The Bertz CT molecular complexity index is 4380. The molecule has 5 N–H and O–H groups in total. The third kappa shape index (κ3) is 19.4.